The van der Waals surface area contributed by atoms with Gasteiger partial charge in [0.2, 0.25) is 0 Å². The molecule has 1 fully saturated rings. The quantitative estimate of drug-likeness (QED) is 0.557. The molecule has 0 unspecified atom stereocenters. The number of carbonyl (C=O) groups excluding carboxylic acids is 3. The number of nitrogens with zero attached hydrogens (tertiary/aromatic N) is 1. The number of hydrogen-bond acceptors (Lipinski definition) is 6. The molecule has 0 radical (unpaired) electrons. The van der Waals surface area contributed by atoms with Gasteiger partial charge in [0.25, 0.3) is 5.91 Å². The van der Waals surface area contributed by atoms with E-state index >= 15 is 4.39 Å². The first-order valence-electron chi connectivity index (χ1n) is 11.5. The molecule has 4 rings (SSSR count). The van der Waals surface area contributed by atoms with Crippen molar-refractivity contribution in [3.05, 3.63) is 46.5 Å². The number of ether oxygens (including phenoxy) is 1. The number of esters is 1. The van der Waals surface area contributed by atoms with Crippen LogP contribution < -0.4 is 16.8 Å². The molecule has 34 heavy (non-hydrogen) atoms. The normalized spacial score (nSPS) is 21.3. The van der Waals surface area contributed by atoms with Crippen molar-refractivity contribution in [1.29, 1.82) is 0 Å². The van der Waals surface area contributed by atoms with Crippen LogP contribution in [0.4, 0.5) is 10.1 Å². The lowest BCUT2D eigenvalue weighted by molar-refractivity contribution is -0.147. The highest BCUT2D eigenvalue weighted by molar-refractivity contribution is 6.01. The summed E-state index contributed by atoms with van der Waals surface area (Å²) in [5.41, 5.74) is 13.4. The maximum Gasteiger partial charge on any atom is 0.320 e. The van der Waals surface area contributed by atoms with E-state index in [0.717, 1.165) is 17.7 Å². The van der Waals surface area contributed by atoms with Gasteiger partial charge in [-0.05, 0) is 55.7 Å². The van der Waals surface area contributed by atoms with Crippen LogP contribution in [-0.2, 0) is 16.0 Å². The van der Waals surface area contributed by atoms with Crippen LogP contribution in [0.2, 0.25) is 0 Å². The van der Waals surface area contributed by atoms with Crippen LogP contribution in [0.15, 0.2) is 18.3 Å². The Morgan fingerprint density at radius 3 is 2.68 bits per heavy atom. The summed E-state index contributed by atoms with van der Waals surface area (Å²) in [4.78, 5) is 36.6. The number of nitrogens with two attached hydrogens (primary N) is 2. The summed E-state index contributed by atoms with van der Waals surface area (Å²) in [6.45, 7) is 5.71. The minimum Gasteiger partial charge on any atom is -0.459 e. The Balaban J connectivity index is 1.76. The molecule has 5 N–H and O–H groups in total. The summed E-state index contributed by atoms with van der Waals surface area (Å²) in [5, 5.41) is 3.19. The van der Waals surface area contributed by atoms with E-state index in [9.17, 15) is 14.4 Å². The largest absolute Gasteiger partial charge is 0.459 e. The summed E-state index contributed by atoms with van der Waals surface area (Å²) in [6, 6.07) is 2.61. The third-order valence-corrected chi connectivity index (χ3v) is 6.70. The van der Waals surface area contributed by atoms with Crippen molar-refractivity contribution in [2.45, 2.75) is 65.0 Å². The average molecular weight is 471 g/mol. The van der Waals surface area contributed by atoms with Crippen molar-refractivity contribution in [3.8, 4) is 5.69 Å². The second kappa shape index (κ2) is 8.87. The van der Waals surface area contributed by atoms with E-state index in [1.165, 1.54) is 6.07 Å². The zero-order valence-electron chi connectivity index (χ0n) is 19.7. The monoisotopic (exact) mass is 470 g/mol. The average Bonchev–Trinajstić information content (AvgIpc) is 3.29. The van der Waals surface area contributed by atoms with Crippen molar-refractivity contribution in [1.82, 2.24) is 4.57 Å². The van der Waals surface area contributed by atoms with Crippen molar-refractivity contribution >= 4 is 23.3 Å². The summed E-state index contributed by atoms with van der Waals surface area (Å²) >= 11 is 0. The number of carbonyl (C=O) groups is 3. The van der Waals surface area contributed by atoms with Crippen molar-refractivity contribution < 1.29 is 23.5 Å². The van der Waals surface area contributed by atoms with Crippen LogP contribution in [0, 0.1) is 18.2 Å². The minimum absolute atomic E-state index is 0.0746. The third kappa shape index (κ3) is 4.44. The van der Waals surface area contributed by atoms with Crippen LogP contribution in [0.1, 0.15) is 71.5 Å². The molecule has 182 valence electrons. The SMILES string of the molecule is Cc1cn(-c2cc(F)c(C(N)=O)c(N[C@H]3CCC[C@@H]3OC(=O)CN)c2)c2c1C(=O)CC(C)(C)C2. The number of aryl methyl sites for hydroxylation is 1. The van der Waals surface area contributed by atoms with Gasteiger partial charge in [-0.25, -0.2) is 4.39 Å². The van der Waals surface area contributed by atoms with Gasteiger partial charge in [0, 0.05) is 23.9 Å². The van der Waals surface area contributed by atoms with Crippen LogP contribution in [-0.4, -0.2) is 40.9 Å². The molecule has 2 aromatic rings. The van der Waals surface area contributed by atoms with Crippen LogP contribution in [0.25, 0.3) is 5.69 Å². The summed E-state index contributed by atoms with van der Waals surface area (Å²) in [6.07, 6.45) is 4.61. The van der Waals surface area contributed by atoms with Crippen LogP contribution in [0.5, 0.6) is 0 Å². The number of fused-ring (bicyclic) bond motifs is 1. The van der Waals surface area contributed by atoms with Gasteiger partial charge in [0.15, 0.2) is 5.78 Å². The predicted molar refractivity (Wildman–Crippen MR) is 126 cm³/mol. The van der Waals surface area contributed by atoms with E-state index in [1.54, 1.807) is 6.07 Å². The Morgan fingerprint density at radius 1 is 1.26 bits per heavy atom. The number of aromatic nitrogens is 1. The highest BCUT2D eigenvalue weighted by Gasteiger charge is 2.35. The molecule has 1 aromatic carbocycles. The number of nitrogens with one attached hydrogen (secondary N) is 1. The van der Waals surface area contributed by atoms with Crippen LogP contribution in [0.3, 0.4) is 0 Å². The van der Waals surface area contributed by atoms with Gasteiger partial charge in [-0.15, -0.1) is 0 Å². The maximum atomic E-state index is 15.2. The topological polar surface area (TPSA) is 129 Å². The number of amides is 1. The predicted octanol–water partition coefficient (Wildman–Crippen LogP) is 3.01. The van der Waals surface area contributed by atoms with Crippen molar-refractivity contribution in [2.75, 3.05) is 11.9 Å². The molecule has 2 aliphatic rings. The molecule has 2 aliphatic carbocycles. The summed E-state index contributed by atoms with van der Waals surface area (Å²) < 4.78 is 22.5. The van der Waals surface area contributed by atoms with Gasteiger partial charge < -0.3 is 26.1 Å². The zero-order chi connectivity index (χ0) is 24.8. The van der Waals surface area contributed by atoms with E-state index in [-0.39, 0.29) is 35.0 Å². The molecule has 8 nitrogen and oxygen atoms in total. The molecule has 0 saturated heterocycles. The molecule has 1 saturated carbocycles. The number of rotatable bonds is 6. The molecule has 1 amide bonds. The molecule has 1 heterocycles. The van der Waals surface area contributed by atoms with Gasteiger partial charge in [-0.3, -0.25) is 14.4 Å². The molecule has 0 spiro atoms. The van der Waals surface area contributed by atoms with E-state index in [4.69, 9.17) is 16.2 Å². The molecule has 0 aliphatic heterocycles. The molecule has 0 bridgehead atoms. The summed E-state index contributed by atoms with van der Waals surface area (Å²) in [5.74, 6) is -2.11. The Kier molecular flexibility index (Phi) is 6.24. The second-order valence-corrected chi connectivity index (χ2v) is 10.1. The highest BCUT2D eigenvalue weighted by atomic mass is 19.1. The number of Topliss-reactive ketones (excluding diaryl/α,β-unsaturated/α-hetero) is 1. The first-order chi connectivity index (χ1) is 16.0. The number of primary amides is 1. The van der Waals surface area contributed by atoms with E-state index in [1.807, 2.05) is 31.5 Å². The van der Waals surface area contributed by atoms with Gasteiger partial charge in [0.1, 0.15) is 11.9 Å². The third-order valence-electron chi connectivity index (χ3n) is 6.70. The number of halogens is 1. The fraction of sp³-hybridized carbons (Fsp3) is 0.480. The second-order valence-electron chi connectivity index (χ2n) is 10.1. The standard InChI is InChI=1S/C25H31FN4O4/c1-13-12-30(18-9-25(2,3)10-19(31)22(13)18)14-7-15(26)23(24(28)33)17(8-14)29-16-5-4-6-20(16)34-21(32)11-27/h7-8,12,16,20,29H,4-6,9-11,27H2,1-3H3,(H2,28,33)/t16-,20-/m0/s1. The van der Waals surface area contributed by atoms with Gasteiger partial charge >= 0.3 is 5.97 Å². The van der Waals surface area contributed by atoms with Crippen molar-refractivity contribution in [3.63, 3.8) is 0 Å². The number of hydrogen-bond donors (Lipinski definition) is 3. The Hall–Kier alpha value is -3.20. The van der Waals surface area contributed by atoms with Gasteiger partial charge in [0.05, 0.1) is 29.5 Å². The Bertz CT molecular complexity index is 1170. The van der Waals surface area contributed by atoms with Gasteiger partial charge in [-0.1, -0.05) is 13.8 Å². The highest BCUT2D eigenvalue weighted by Crippen LogP contribution is 2.39. The number of benzene rings is 1. The Morgan fingerprint density at radius 2 is 2.00 bits per heavy atom. The fourth-order valence-corrected chi connectivity index (χ4v) is 5.25. The van der Waals surface area contributed by atoms with Gasteiger partial charge in [-0.2, -0.15) is 0 Å². The fourth-order valence-electron chi connectivity index (χ4n) is 5.25. The molecule has 2 atom stereocenters. The van der Waals surface area contributed by atoms with E-state index in [0.29, 0.717) is 36.9 Å². The zero-order valence-corrected chi connectivity index (χ0v) is 19.7. The maximum absolute atomic E-state index is 15.2. The van der Waals surface area contributed by atoms with E-state index < -0.39 is 23.8 Å². The first-order valence-corrected chi connectivity index (χ1v) is 11.5. The number of ketones is 1. The van der Waals surface area contributed by atoms with Crippen molar-refractivity contribution in [2.24, 2.45) is 16.9 Å². The Labute approximate surface area is 197 Å². The molecular weight excluding hydrogens is 439 g/mol. The first kappa shape index (κ1) is 23.9. The lowest BCUT2D eigenvalue weighted by atomic mass is 9.75. The minimum atomic E-state index is -0.901. The lowest BCUT2D eigenvalue weighted by Gasteiger charge is -2.30. The molecular formula is C25H31FN4O4. The smallest absolute Gasteiger partial charge is 0.320 e. The number of anilines is 1. The summed E-state index contributed by atoms with van der Waals surface area (Å²) in [7, 11) is 0. The molecule has 1 aromatic heterocycles. The lowest BCUT2D eigenvalue weighted by Crippen LogP contribution is -2.35. The van der Waals surface area contributed by atoms with E-state index in [2.05, 4.69) is 5.32 Å². The van der Waals surface area contributed by atoms with Crippen LogP contribution >= 0.6 is 0 Å². The molecule has 9 heteroatoms.